The Morgan fingerprint density at radius 2 is 0.630 bits per heavy atom. The minimum absolute atomic E-state index is 0.0241. The standard InChI is InChI=1S/2C13H19ClN3O14P3.C12H16ClFN3O14P3.C11H16ClN4O14P3/c2*1-6-5-8(18)16-12(20)17(6)11-13(14,3-4-15)10(19)9(28-11)7(2)29-33(24,25)31-34(26,27)30-32(21,22)23;1-5(29-33(24,25)31-34(26,27)30-32(21,22)23)7-8(18)12(13,2-3-15)10(28-7)17-4-6(14)9(19)16-11(17)20;1-5(28-32(23,24)30-33(25,26)29-31(20,21)22)7-8(18)11(12,2-3-13)9(27-7)16-10(19)15-6(17)4-14-16/h2*5,7,9-11,19H,15H2,1-2H3,(H,24,25)(H,26,27)(H,16,18,20)(H2,21,22,23);4-5,7-8,10,18H,15H2,1H3,(H,24,25)(H,26,27)(H,16,19,20)(H2,21,22,23);4-5,7-9,18H,13H2,1H3,(H,23,24)(H,25,26)(H,15,17,19)(H2,20,21,22)/t7-,9+,10-,11+,13?;7-,9-,10+,11-,13?;5-,7-,8+,10-,12?;5-,7-,8+,9-,11?/m0111/s1. The predicted molar refractivity (Wildman–Crippen MR) is 432 cm³/mol. The Hall–Kier alpha value is -5.50. The van der Waals surface area contributed by atoms with Gasteiger partial charge in [-0.2, -0.15) is 48.7 Å². The quantitative estimate of drug-likeness (QED) is 0.00936. The van der Waals surface area contributed by atoms with Gasteiger partial charge in [0.15, 0.2) is 44.4 Å². The van der Waals surface area contributed by atoms with Crippen LogP contribution in [0.1, 0.15) is 64.0 Å². The molecular formula is C49H70Cl4FN13O56P12. The Kier molecular flexibility index (Phi) is 39.6. The number of aromatic amines is 4. The van der Waals surface area contributed by atoms with E-state index in [1.165, 1.54) is 13.8 Å². The molecule has 4 saturated heterocycles. The summed E-state index contributed by atoms with van der Waals surface area (Å²) in [6.45, 7) is 6.64. The average Bonchev–Trinajstić information content (AvgIpc) is 1.60. The molecule has 4 fully saturated rings. The fourth-order valence-electron chi connectivity index (χ4n) is 11.6. The second-order valence-electron chi connectivity index (χ2n) is 26.3. The number of phosphoric ester groups is 4. The van der Waals surface area contributed by atoms with Crippen molar-refractivity contribution in [1.82, 2.24) is 43.4 Å². The maximum atomic E-state index is 13.7. The van der Waals surface area contributed by atoms with Gasteiger partial charge in [-0.05, 0) is 65.2 Å². The monoisotopic (exact) mass is 2270 g/mol. The number of halogens is 5. The van der Waals surface area contributed by atoms with Gasteiger partial charge in [-0.25, -0.2) is 74.0 Å². The van der Waals surface area contributed by atoms with E-state index in [-0.39, 0.29) is 11.4 Å². The first-order chi connectivity index (χ1) is 60.9. The zero-order valence-corrected chi connectivity index (χ0v) is 80.2. The number of hydrogen-bond acceptors (Lipinski definition) is 45. The highest BCUT2D eigenvalue weighted by Crippen LogP contribution is 2.71. The van der Waals surface area contributed by atoms with Crippen molar-refractivity contribution < 1.29 is 229 Å². The number of rotatable bonds is 32. The number of alkyl halides is 4. The SMILES string of the molecule is C[C@@H](OP(=O)(O)OP(=O)(O)OP(=O)(O)O)[C@H]1O[C@@H](n2cc(F)c(=O)[nH]c2=O)C(Cl)(C#CN)[C@H]1O.C[C@@H](OP(=O)(O)OP(=O)(O)OP(=O)(O)O)[C@H]1O[C@@H](n2ncc(=O)[nH]c2=O)C(Cl)(C#CN)[C@H]1O.Cc1cc(=O)[nH]c(=O)n1[C@@H]1O[C@H]([C@@H](C)OP(=O)(O)OP(=O)(O)OP(=O)(O)O)[C@H](O)C1(Cl)C#CN.Cc1cc(=O)[nH]c(=O)n1[C@@H]1O[C@H]([C@H](C)OP(=O)(O)OP(=O)(O)OP(=O)(O)O)[C@H](O)C1(Cl)C#CN. The normalized spacial score (nSPS) is 29.6. The van der Waals surface area contributed by atoms with E-state index in [0.29, 0.717) is 21.6 Å². The highest BCUT2D eigenvalue weighted by molar-refractivity contribution is 7.68. The van der Waals surface area contributed by atoms with Gasteiger partial charge in [-0.1, -0.05) is 46.4 Å². The lowest BCUT2D eigenvalue weighted by Gasteiger charge is -2.27. The molecule has 8 heterocycles. The van der Waals surface area contributed by atoms with Crippen LogP contribution < -0.4 is 67.9 Å². The molecule has 762 valence electrons. The van der Waals surface area contributed by atoms with Crippen molar-refractivity contribution in [2.45, 2.75) is 159 Å². The van der Waals surface area contributed by atoms with Gasteiger partial charge in [0.05, 0.1) is 30.6 Å². The van der Waals surface area contributed by atoms with Gasteiger partial charge in [-0.3, -0.25) is 70.9 Å². The summed E-state index contributed by atoms with van der Waals surface area (Å²) in [5.41, 5.74) is 12.6. The van der Waals surface area contributed by atoms with E-state index in [4.69, 9.17) is 127 Å². The molecule has 4 aliphatic heterocycles. The molecule has 0 amide bonds. The van der Waals surface area contributed by atoms with Crippen molar-refractivity contribution in [3.63, 3.8) is 0 Å². The Balaban J connectivity index is 0.000000318. The number of aliphatic hydroxyl groups is 4. The third-order valence-corrected chi connectivity index (χ3v) is 34.0. The largest absolute Gasteiger partial charge is 0.490 e. The number of nitrogens with one attached hydrogen (secondary N) is 4. The van der Waals surface area contributed by atoms with Gasteiger partial charge in [0.2, 0.25) is 5.82 Å². The lowest BCUT2D eigenvalue weighted by molar-refractivity contribution is -0.0786. The highest BCUT2D eigenvalue weighted by atomic mass is 35.5. The molecule has 8 rings (SSSR count). The summed E-state index contributed by atoms with van der Waals surface area (Å²) in [6.07, 6.45) is -27.4. The summed E-state index contributed by atoms with van der Waals surface area (Å²) < 4.78 is 222. The van der Waals surface area contributed by atoms with Gasteiger partial charge in [0, 0.05) is 47.7 Å². The van der Waals surface area contributed by atoms with Crippen LogP contribution in [0.5, 0.6) is 0 Å². The summed E-state index contributed by atoms with van der Waals surface area (Å²) in [7, 11) is -68.2. The minimum atomic E-state index is -5.84. The molecule has 69 nitrogen and oxygen atoms in total. The number of hydrogen-bond donors (Lipinski definition) is 28. The Morgan fingerprint density at radius 1 is 0.385 bits per heavy atom. The fourth-order valence-corrected chi connectivity index (χ4v) is 25.7. The van der Waals surface area contributed by atoms with Crippen molar-refractivity contribution in [3.8, 4) is 47.9 Å². The summed E-state index contributed by atoms with van der Waals surface area (Å²) >= 11 is 25.4. The maximum absolute atomic E-state index is 13.7. The van der Waals surface area contributed by atoms with Crippen molar-refractivity contribution in [2.75, 3.05) is 0 Å². The zero-order chi connectivity index (χ0) is 104. The summed E-state index contributed by atoms with van der Waals surface area (Å²) in [6, 6.07) is 9.68. The fraction of sp³-hybridized carbons (Fsp3) is 0.531. The molecule has 4 aromatic rings. The molecule has 32 N–H and O–H groups in total. The Morgan fingerprint density at radius 3 is 0.881 bits per heavy atom. The van der Waals surface area contributed by atoms with Crippen LogP contribution in [0.15, 0.2) is 62.9 Å². The van der Waals surface area contributed by atoms with E-state index >= 15 is 0 Å². The van der Waals surface area contributed by atoms with E-state index in [1.807, 2.05) is 39.1 Å². The Labute approximate surface area is 764 Å². The second-order valence-corrected chi connectivity index (χ2v) is 46.3. The number of aryl methyl sites for hydroxylation is 2. The van der Waals surface area contributed by atoms with E-state index in [9.17, 15) is 157 Å². The molecule has 0 radical (unpaired) electrons. The molecular weight excluding hydrogens is 2200 g/mol. The van der Waals surface area contributed by atoms with Crippen LogP contribution in [0.4, 0.5) is 4.39 Å². The van der Waals surface area contributed by atoms with Gasteiger partial charge in [0.1, 0.15) is 55.0 Å². The molecule has 4 aromatic heterocycles. The molecule has 0 bridgehead atoms. The van der Waals surface area contributed by atoms with Crippen LogP contribution in [0, 0.1) is 67.5 Å². The van der Waals surface area contributed by atoms with Crippen molar-refractivity contribution in [1.29, 1.82) is 0 Å². The van der Waals surface area contributed by atoms with E-state index in [0.717, 1.165) is 49.0 Å². The Bertz CT molecular complexity index is 6360. The smallest absolute Gasteiger partial charge is 0.387 e. The third-order valence-electron chi connectivity index (χ3n) is 16.3. The number of nitrogens with zero attached hydrogens (tertiary/aromatic N) is 5. The average molecular weight is 2270 g/mol. The summed E-state index contributed by atoms with van der Waals surface area (Å²) in [4.78, 5) is 237. The van der Waals surface area contributed by atoms with Crippen molar-refractivity contribution in [3.05, 3.63) is 125 Å². The topological polar surface area (TPSA) is 1090 Å². The van der Waals surface area contributed by atoms with Gasteiger partial charge < -0.3 is 141 Å². The highest BCUT2D eigenvalue weighted by Gasteiger charge is 2.64. The molecule has 0 aliphatic carbocycles. The molecule has 0 saturated carbocycles. The first-order valence-electron chi connectivity index (χ1n) is 34.0. The van der Waals surface area contributed by atoms with Gasteiger partial charge in [-0.15, -0.1) is 0 Å². The first kappa shape index (κ1) is 120. The molecule has 28 atom stereocenters. The maximum Gasteiger partial charge on any atom is 0.490 e. The van der Waals surface area contributed by atoms with Crippen molar-refractivity contribution in [2.24, 2.45) is 22.9 Å². The molecule has 4 aliphatic rings. The summed E-state index contributed by atoms with van der Waals surface area (Å²) in [5.74, 6) is 7.37. The third kappa shape index (κ3) is 32.5. The number of aliphatic hydroxyl groups excluding tert-OH is 4. The van der Waals surface area contributed by atoms with Gasteiger partial charge in [0.25, 0.3) is 22.2 Å². The molecule has 135 heavy (non-hydrogen) atoms. The van der Waals surface area contributed by atoms with Crippen LogP contribution >= 0.6 is 140 Å². The number of nitrogens with two attached hydrogens (primary N) is 4. The van der Waals surface area contributed by atoms with E-state index < -0.39 is 262 Å². The number of H-pyrrole nitrogens is 4. The molecule has 12 unspecified atom stereocenters. The molecule has 86 heteroatoms. The summed E-state index contributed by atoms with van der Waals surface area (Å²) in [5, 5.41) is 46.2. The second kappa shape index (κ2) is 44.6. The van der Waals surface area contributed by atoms with Crippen LogP contribution in [-0.4, -0.2) is 235 Å². The molecule has 0 aromatic carbocycles. The minimum Gasteiger partial charge on any atom is -0.387 e. The molecule has 0 spiro atoms. The van der Waals surface area contributed by atoms with Crippen LogP contribution in [-0.2, 0) is 126 Å². The lowest BCUT2D eigenvalue weighted by atomic mass is 9.97. The van der Waals surface area contributed by atoms with E-state index in [2.05, 4.69) is 81.4 Å². The zero-order valence-electron chi connectivity index (χ0n) is 66.5. The number of aromatic nitrogens is 9. The van der Waals surface area contributed by atoms with Gasteiger partial charge >= 0.3 is 117 Å². The van der Waals surface area contributed by atoms with Crippen LogP contribution in [0.3, 0.4) is 0 Å². The van der Waals surface area contributed by atoms with Crippen LogP contribution in [0.25, 0.3) is 0 Å². The van der Waals surface area contributed by atoms with E-state index in [1.54, 1.807) is 4.98 Å². The first-order valence-corrected chi connectivity index (χ1v) is 53.6. The van der Waals surface area contributed by atoms with Crippen molar-refractivity contribution >= 4 is 140 Å². The predicted octanol–water partition coefficient (Wildman–Crippen LogP) is -6.15. The van der Waals surface area contributed by atoms with Crippen LogP contribution in [0.2, 0.25) is 0 Å². The number of ether oxygens (including phenoxy) is 4. The number of phosphoric acid groups is 12. The lowest BCUT2D eigenvalue weighted by Crippen LogP contribution is -2.46.